The van der Waals surface area contributed by atoms with E-state index in [1.807, 2.05) is 0 Å². The van der Waals surface area contributed by atoms with Gasteiger partial charge in [0.25, 0.3) is 0 Å². The lowest BCUT2D eigenvalue weighted by Gasteiger charge is -2.23. The molecule has 0 amide bonds. The van der Waals surface area contributed by atoms with Crippen molar-refractivity contribution >= 4 is 0 Å². The van der Waals surface area contributed by atoms with Crippen LogP contribution in [0.5, 0.6) is 0 Å². The third kappa shape index (κ3) is 3.69. The summed E-state index contributed by atoms with van der Waals surface area (Å²) in [5.74, 6) is -1.57. The van der Waals surface area contributed by atoms with Crippen molar-refractivity contribution in [1.82, 2.24) is 10.6 Å². The van der Waals surface area contributed by atoms with Gasteiger partial charge in [-0.2, -0.15) is 26.3 Å². The van der Waals surface area contributed by atoms with Gasteiger partial charge < -0.3 is 10.6 Å². The largest absolute Gasteiger partial charge is 0.404 e. The topological polar surface area (TPSA) is 24.1 Å². The van der Waals surface area contributed by atoms with Crippen LogP contribution in [0.1, 0.15) is 17.0 Å². The lowest BCUT2D eigenvalue weighted by molar-refractivity contribution is -0.253. The van der Waals surface area contributed by atoms with E-state index in [2.05, 4.69) is 10.6 Å². The number of halogens is 6. The Balaban J connectivity index is 1.62. The van der Waals surface area contributed by atoms with Crippen LogP contribution in [0.2, 0.25) is 0 Å². The first-order valence-corrected chi connectivity index (χ1v) is 7.81. The van der Waals surface area contributed by atoms with Crippen LogP contribution in [0.4, 0.5) is 26.3 Å². The molecule has 1 saturated heterocycles. The third-order valence-corrected chi connectivity index (χ3v) is 4.92. The average molecular weight is 352 g/mol. The van der Waals surface area contributed by atoms with E-state index in [-0.39, 0.29) is 6.54 Å². The molecule has 1 heterocycles. The first-order chi connectivity index (χ1) is 11.2. The molecule has 2 nitrogen and oxygen atoms in total. The number of hydrogen-bond acceptors (Lipinski definition) is 2. The minimum absolute atomic E-state index is 0.264. The van der Waals surface area contributed by atoms with Crippen LogP contribution in [-0.4, -0.2) is 32.0 Å². The van der Waals surface area contributed by atoms with Crippen molar-refractivity contribution in [2.75, 3.05) is 19.6 Å². The minimum atomic E-state index is -5.36. The van der Waals surface area contributed by atoms with Gasteiger partial charge in [0.15, 0.2) is 5.92 Å². The second-order valence-corrected chi connectivity index (χ2v) is 6.54. The smallest absolute Gasteiger partial charge is 0.316 e. The first-order valence-electron chi connectivity index (χ1n) is 7.81. The predicted molar refractivity (Wildman–Crippen MR) is 76.3 cm³/mol. The number of alkyl halides is 6. The summed E-state index contributed by atoms with van der Waals surface area (Å²) in [6.45, 7) is 2.99. The lowest BCUT2D eigenvalue weighted by atomic mass is 9.96. The van der Waals surface area contributed by atoms with E-state index >= 15 is 0 Å². The Morgan fingerprint density at radius 3 is 2.25 bits per heavy atom. The molecule has 1 aromatic rings. The molecule has 24 heavy (non-hydrogen) atoms. The molecule has 2 aliphatic rings. The summed E-state index contributed by atoms with van der Waals surface area (Å²) in [6, 6.07) is 4.65. The first kappa shape index (κ1) is 17.5. The monoisotopic (exact) mass is 352 g/mol. The van der Waals surface area contributed by atoms with Crippen molar-refractivity contribution in [2.45, 2.75) is 24.8 Å². The zero-order chi connectivity index (χ0) is 17.5. The van der Waals surface area contributed by atoms with Crippen molar-refractivity contribution in [3.63, 3.8) is 0 Å². The molecule has 1 saturated carbocycles. The maximum atomic E-state index is 12.8. The fraction of sp³-hybridized carbons (Fsp3) is 0.625. The molecule has 2 unspecified atom stereocenters. The van der Waals surface area contributed by atoms with Gasteiger partial charge in [-0.15, -0.1) is 0 Å². The predicted octanol–water partition coefficient (Wildman–Crippen LogP) is 3.45. The Labute approximate surface area is 135 Å². The van der Waals surface area contributed by atoms with Crippen molar-refractivity contribution < 1.29 is 26.3 Å². The zero-order valence-electron chi connectivity index (χ0n) is 12.7. The molecular formula is C16H18F6N2. The highest BCUT2D eigenvalue weighted by atomic mass is 19.4. The van der Waals surface area contributed by atoms with E-state index in [4.69, 9.17) is 0 Å². The number of piperidine rings is 1. The van der Waals surface area contributed by atoms with Gasteiger partial charge in [0.1, 0.15) is 0 Å². The standard InChI is InChI=1S/C16H18F6N2/c17-15(18,19)14(16(20,21)22)10-3-1-2-9(4-10)5-23-6-11-12-7-24-8-13(11)12/h1-4,11-14,23-24H,5-8H2. The van der Waals surface area contributed by atoms with Gasteiger partial charge in [-0.3, -0.25) is 0 Å². The number of hydrogen-bond donors (Lipinski definition) is 2. The highest BCUT2D eigenvalue weighted by Gasteiger charge is 2.57. The van der Waals surface area contributed by atoms with Crippen molar-refractivity contribution in [3.05, 3.63) is 35.4 Å². The number of rotatable bonds is 5. The van der Waals surface area contributed by atoms with E-state index in [9.17, 15) is 26.3 Å². The van der Waals surface area contributed by atoms with Crippen molar-refractivity contribution in [1.29, 1.82) is 0 Å². The fourth-order valence-corrected chi connectivity index (χ4v) is 3.68. The molecule has 3 rings (SSSR count). The van der Waals surface area contributed by atoms with E-state index in [0.717, 1.165) is 31.8 Å². The quantitative estimate of drug-likeness (QED) is 0.794. The molecule has 134 valence electrons. The van der Waals surface area contributed by atoms with E-state index in [0.29, 0.717) is 23.3 Å². The Morgan fingerprint density at radius 1 is 1.04 bits per heavy atom. The van der Waals surface area contributed by atoms with Gasteiger partial charge in [0.2, 0.25) is 0 Å². The number of benzene rings is 1. The van der Waals surface area contributed by atoms with Gasteiger partial charge in [0, 0.05) is 6.54 Å². The average Bonchev–Trinajstić information content (AvgIpc) is 2.88. The molecule has 0 bridgehead atoms. The van der Waals surface area contributed by atoms with E-state index in [1.165, 1.54) is 12.1 Å². The second kappa shape index (κ2) is 6.22. The summed E-state index contributed by atoms with van der Waals surface area (Å²) in [4.78, 5) is 0. The van der Waals surface area contributed by atoms with Gasteiger partial charge in [-0.1, -0.05) is 24.3 Å². The van der Waals surface area contributed by atoms with Gasteiger partial charge >= 0.3 is 12.4 Å². The Hall–Kier alpha value is -1.28. The van der Waals surface area contributed by atoms with E-state index in [1.54, 1.807) is 0 Å². The van der Waals surface area contributed by atoms with Crippen LogP contribution in [-0.2, 0) is 6.54 Å². The van der Waals surface area contributed by atoms with Crippen LogP contribution in [0.25, 0.3) is 0 Å². The summed E-state index contributed by atoms with van der Waals surface area (Å²) in [7, 11) is 0. The van der Waals surface area contributed by atoms with Gasteiger partial charge in [0.05, 0.1) is 0 Å². The highest BCUT2D eigenvalue weighted by Crippen LogP contribution is 2.48. The molecule has 8 heteroatoms. The third-order valence-electron chi connectivity index (χ3n) is 4.92. The summed E-state index contributed by atoms with van der Waals surface area (Å²) in [6.07, 6.45) is -10.7. The van der Waals surface area contributed by atoms with Gasteiger partial charge in [-0.05, 0) is 48.5 Å². The molecule has 2 N–H and O–H groups in total. The summed E-state index contributed by atoms with van der Waals surface area (Å²) < 4.78 is 76.7. The van der Waals surface area contributed by atoms with Gasteiger partial charge in [-0.25, -0.2) is 0 Å². The van der Waals surface area contributed by atoms with Crippen LogP contribution in [0.15, 0.2) is 24.3 Å². The number of nitrogens with one attached hydrogen (secondary N) is 2. The molecule has 0 spiro atoms. The number of fused-ring (bicyclic) bond motifs is 1. The van der Waals surface area contributed by atoms with Crippen LogP contribution in [0, 0.1) is 17.8 Å². The summed E-state index contributed by atoms with van der Waals surface area (Å²) >= 11 is 0. The van der Waals surface area contributed by atoms with Crippen LogP contribution < -0.4 is 10.6 Å². The Kier molecular flexibility index (Phi) is 4.55. The minimum Gasteiger partial charge on any atom is -0.316 e. The molecular weight excluding hydrogens is 334 g/mol. The summed E-state index contributed by atoms with van der Waals surface area (Å²) in [5.41, 5.74) is -0.336. The Morgan fingerprint density at radius 2 is 1.67 bits per heavy atom. The van der Waals surface area contributed by atoms with Crippen LogP contribution >= 0.6 is 0 Å². The summed E-state index contributed by atoms with van der Waals surface area (Å²) in [5, 5.41) is 6.41. The maximum absolute atomic E-state index is 12.8. The maximum Gasteiger partial charge on any atom is 0.404 e. The lowest BCUT2D eigenvalue weighted by Crippen LogP contribution is -2.34. The Bertz CT molecular complexity index is 559. The second-order valence-electron chi connectivity index (χ2n) is 6.54. The molecule has 1 aliphatic heterocycles. The molecule has 1 aliphatic carbocycles. The molecule has 2 fully saturated rings. The van der Waals surface area contributed by atoms with E-state index < -0.39 is 23.8 Å². The van der Waals surface area contributed by atoms with Crippen molar-refractivity contribution in [2.24, 2.45) is 17.8 Å². The van der Waals surface area contributed by atoms with Crippen molar-refractivity contribution in [3.8, 4) is 0 Å². The fourth-order valence-electron chi connectivity index (χ4n) is 3.68. The molecule has 0 radical (unpaired) electrons. The molecule has 2 atom stereocenters. The normalized spacial score (nSPS) is 26.7. The zero-order valence-corrected chi connectivity index (χ0v) is 12.7. The SMILES string of the molecule is FC(F)(F)C(c1cccc(CNCC2C3CNCC23)c1)C(F)(F)F. The molecule has 1 aromatic carbocycles. The molecule has 0 aromatic heterocycles. The highest BCUT2D eigenvalue weighted by molar-refractivity contribution is 5.28. The van der Waals surface area contributed by atoms with Crippen LogP contribution in [0.3, 0.4) is 0 Å².